The monoisotopic (exact) mass is 297 g/mol. The first-order valence-corrected chi connectivity index (χ1v) is 7.58. The predicted molar refractivity (Wildman–Crippen MR) is 83.7 cm³/mol. The molecule has 2 N–H and O–H groups in total. The number of carbonyl (C=O) groups is 1. The van der Waals surface area contributed by atoms with E-state index < -0.39 is 5.97 Å². The number of carboxylic acids is 1. The molecule has 5 heteroatoms. The van der Waals surface area contributed by atoms with Gasteiger partial charge in [-0.1, -0.05) is 12.1 Å². The molecule has 114 valence electrons. The van der Waals surface area contributed by atoms with Crippen LogP contribution in [0.2, 0.25) is 0 Å². The lowest BCUT2D eigenvalue weighted by Crippen LogP contribution is -2.28. The minimum Gasteiger partial charge on any atom is -0.478 e. The summed E-state index contributed by atoms with van der Waals surface area (Å²) in [5.41, 5.74) is 2.89. The van der Waals surface area contributed by atoms with E-state index in [1.165, 1.54) is 12.8 Å². The Labute approximate surface area is 129 Å². The first-order valence-electron chi connectivity index (χ1n) is 7.58. The van der Waals surface area contributed by atoms with Gasteiger partial charge in [0.2, 0.25) is 0 Å². The van der Waals surface area contributed by atoms with Gasteiger partial charge in [-0.2, -0.15) is 0 Å². The molecule has 22 heavy (non-hydrogen) atoms. The van der Waals surface area contributed by atoms with Gasteiger partial charge < -0.3 is 10.4 Å². The van der Waals surface area contributed by atoms with Crippen LogP contribution in [-0.4, -0.2) is 34.1 Å². The number of hydrogen-bond donors (Lipinski definition) is 2. The average Bonchev–Trinajstić information content (AvgIpc) is 2.56. The highest BCUT2D eigenvalue weighted by molar-refractivity contribution is 5.89. The zero-order chi connectivity index (χ0) is 15.4. The van der Waals surface area contributed by atoms with Gasteiger partial charge in [0.25, 0.3) is 0 Å². The smallest absolute Gasteiger partial charge is 0.335 e. The Kier molecular flexibility index (Phi) is 4.44. The molecule has 0 saturated carbocycles. The van der Waals surface area contributed by atoms with Gasteiger partial charge in [-0.15, -0.1) is 0 Å². The SMILES string of the molecule is O=C(O)c1cccc(-c2cc(CC3CCNCC3)ncn2)c1. The number of hydrogen-bond acceptors (Lipinski definition) is 4. The molecule has 2 aromatic rings. The van der Waals surface area contributed by atoms with Crippen LogP contribution in [0, 0.1) is 5.92 Å². The summed E-state index contributed by atoms with van der Waals surface area (Å²) in [7, 11) is 0. The van der Waals surface area contributed by atoms with Crippen molar-refractivity contribution in [3.05, 3.63) is 47.9 Å². The number of aromatic nitrogens is 2. The standard InChI is InChI=1S/C17H19N3O2/c21-17(22)14-3-1-2-13(9-14)16-10-15(19-11-20-16)8-12-4-6-18-7-5-12/h1-3,9-12,18H,4-8H2,(H,21,22). The van der Waals surface area contributed by atoms with E-state index in [0.29, 0.717) is 5.92 Å². The highest BCUT2D eigenvalue weighted by atomic mass is 16.4. The van der Waals surface area contributed by atoms with Crippen molar-refractivity contribution in [1.29, 1.82) is 0 Å². The van der Waals surface area contributed by atoms with Crippen LogP contribution < -0.4 is 5.32 Å². The van der Waals surface area contributed by atoms with E-state index in [1.807, 2.05) is 12.1 Å². The molecule has 1 saturated heterocycles. The Morgan fingerprint density at radius 1 is 1.23 bits per heavy atom. The van der Waals surface area contributed by atoms with Crippen LogP contribution in [0.1, 0.15) is 28.9 Å². The van der Waals surface area contributed by atoms with Crippen molar-refractivity contribution in [3.8, 4) is 11.3 Å². The molecule has 0 amide bonds. The summed E-state index contributed by atoms with van der Waals surface area (Å²) in [5, 5.41) is 12.5. The summed E-state index contributed by atoms with van der Waals surface area (Å²) < 4.78 is 0. The number of rotatable bonds is 4. The predicted octanol–water partition coefficient (Wildman–Crippen LogP) is 2.38. The van der Waals surface area contributed by atoms with Crippen molar-refractivity contribution in [2.45, 2.75) is 19.3 Å². The number of piperidine rings is 1. The number of nitrogens with zero attached hydrogens (tertiary/aromatic N) is 2. The minimum atomic E-state index is -0.925. The summed E-state index contributed by atoms with van der Waals surface area (Å²) >= 11 is 0. The maximum atomic E-state index is 11.1. The average molecular weight is 297 g/mol. The first kappa shape index (κ1) is 14.7. The first-order chi connectivity index (χ1) is 10.7. The van der Waals surface area contributed by atoms with E-state index in [1.54, 1.807) is 24.5 Å². The minimum absolute atomic E-state index is 0.274. The zero-order valence-electron chi connectivity index (χ0n) is 12.3. The van der Waals surface area contributed by atoms with Gasteiger partial charge >= 0.3 is 5.97 Å². The number of benzene rings is 1. The lowest BCUT2D eigenvalue weighted by molar-refractivity contribution is 0.0697. The van der Waals surface area contributed by atoms with Crippen molar-refractivity contribution in [3.63, 3.8) is 0 Å². The molecule has 1 aromatic carbocycles. The van der Waals surface area contributed by atoms with E-state index in [0.717, 1.165) is 36.5 Å². The fraction of sp³-hybridized carbons (Fsp3) is 0.353. The Morgan fingerprint density at radius 2 is 2.05 bits per heavy atom. The lowest BCUT2D eigenvalue weighted by Gasteiger charge is -2.22. The molecule has 0 radical (unpaired) electrons. The second kappa shape index (κ2) is 6.66. The molecular formula is C17H19N3O2. The van der Waals surface area contributed by atoms with Gasteiger partial charge in [0.05, 0.1) is 11.3 Å². The van der Waals surface area contributed by atoms with Gasteiger partial charge in [-0.3, -0.25) is 0 Å². The van der Waals surface area contributed by atoms with Gasteiger partial charge in [0.15, 0.2) is 0 Å². The van der Waals surface area contributed by atoms with Crippen LogP contribution >= 0.6 is 0 Å². The molecule has 1 fully saturated rings. The largest absolute Gasteiger partial charge is 0.478 e. The fourth-order valence-corrected chi connectivity index (χ4v) is 2.86. The third-order valence-corrected chi connectivity index (χ3v) is 4.09. The highest BCUT2D eigenvalue weighted by Crippen LogP contribution is 2.21. The molecule has 1 aliphatic rings. The summed E-state index contributed by atoms with van der Waals surface area (Å²) in [6, 6.07) is 8.83. The Bertz CT molecular complexity index is 666. The van der Waals surface area contributed by atoms with Crippen LogP contribution in [0.5, 0.6) is 0 Å². The second-order valence-corrected chi connectivity index (χ2v) is 5.68. The summed E-state index contributed by atoms with van der Waals surface area (Å²) in [6.07, 6.45) is 4.87. The van der Waals surface area contributed by atoms with Gasteiger partial charge in [0, 0.05) is 11.3 Å². The number of carboxylic acid groups (broad SMARTS) is 1. The van der Waals surface area contributed by atoms with E-state index in [2.05, 4.69) is 15.3 Å². The van der Waals surface area contributed by atoms with Gasteiger partial charge in [-0.25, -0.2) is 14.8 Å². The van der Waals surface area contributed by atoms with Crippen molar-refractivity contribution in [2.24, 2.45) is 5.92 Å². The molecular weight excluding hydrogens is 278 g/mol. The molecule has 0 unspecified atom stereocenters. The maximum Gasteiger partial charge on any atom is 0.335 e. The second-order valence-electron chi connectivity index (χ2n) is 5.68. The van der Waals surface area contributed by atoms with Gasteiger partial charge in [-0.05, 0) is 56.5 Å². The number of nitrogens with one attached hydrogen (secondary N) is 1. The zero-order valence-corrected chi connectivity index (χ0v) is 12.3. The Hall–Kier alpha value is -2.27. The van der Waals surface area contributed by atoms with Crippen LogP contribution in [-0.2, 0) is 6.42 Å². The molecule has 0 bridgehead atoms. The quantitative estimate of drug-likeness (QED) is 0.906. The van der Waals surface area contributed by atoms with Crippen LogP contribution in [0.15, 0.2) is 36.7 Å². The summed E-state index contributed by atoms with van der Waals surface area (Å²) in [4.78, 5) is 19.7. The van der Waals surface area contributed by atoms with E-state index in [4.69, 9.17) is 5.11 Å². The molecule has 3 rings (SSSR count). The summed E-state index contributed by atoms with van der Waals surface area (Å²) in [6.45, 7) is 2.15. The van der Waals surface area contributed by atoms with Crippen LogP contribution in [0.3, 0.4) is 0 Å². The topological polar surface area (TPSA) is 75.1 Å². The number of aromatic carboxylic acids is 1. The summed E-state index contributed by atoms with van der Waals surface area (Å²) in [5.74, 6) is -0.264. The highest BCUT2D eigenvalue weighted by Gasteiger charge is 2.15. The molecule has 2 heterocycles. The normalized spacial score (nSPS) is 15.6. The lowest BCUT2D eigenvalue weighted by atomic mass is 9.93. The van der Waals surface area contributed by atoms with Crippen LogP contribution in [0.4, 0.5) is 0 Å². The molecule has 1 aromatic heterocycles. The molecule has 5 nitrogen and oxygen atoms in total. The van der Waals surface area contributed by atoms with E-state index in [-0.39, 0.29) is 5.56 Å². The van der Waals surface area contributed by atoms with Crippen LogP contribution in [0.25, 0.3) is 11.3 Å². The molecule has 1 aliphatic heterocycles. The van der Waals surface area contributed by atoms with Crippen molar-refractivity contribution in [1.82, 2.24) is 15.3 Å². The Balaban J connectivity index is 1.81. The molecule has 0 aliphatic carbocycles. The Morgan fingerprint density at radius 3 is 2.82 bits per heavy atom. The van der Waals surface area contributed by atoms with E-state index >= 15 is 0 Å². The van der Waals surface area contributed by atoms with Gasteiger partial charge in [0.1, 0.15) is 6.33 Å². The van der Waals surface area contributed by atoms with E-state index in [9.17, 15) is 4.79 Å². The molecule has 0 atom stereocenters. The van der Waals surface area contributed by atoms with Crippen molar-refractivity contribution >= 4 is 5.97 Å². The fourth-order valence-electron chi connectivity index (χ4n) is 2.86. The van der Waals surface area contributed by atoms with Crippen molar-refractivity contribution < 1.29 is 9.90 Å². The molecule has 0 spiro atoms. The van der Waals surface area contributed by atoms with Crippen molar-refractivity contribution in [2.75, 3.05) is 13.1 Å². The third-order valence-electron chi connectivity index (χ3n) is 4.09. The maximum absolute atomic E-state index is 11.1. The third kappa shape index (κ3) is 3.49.